The monoisotopic (exact) mass is 566 g/mol. The van der Waals surface area contributed by atoms with Gasteiger partial charge in [0.1, 0.15) is 23.1 Å². The molecule has 12 heteroatoms. The number of ether oxygens (including phenoxy) is 1. The Morgan fingerprint density at radius 1 is 1.10 bits per heavy atom. The maximum absolute atomic E-state index is 13.6. The fraction of sp³-hybridized carbons (Fsp3) is 0.167. The largest absolute Gasteiger partial charge is 0.455 e. The van der Waals surface area contributed by atoms with Crippen LogP contribution in [0.2, 0.25) is 0 Å². The Morgan fingerprint density at radius 3 is 2.60 bits per heavy atom. The maximum atomic E-state index is 13.6. The van der Waals surface area contributed by atoms with E-state index in [4.69, 9.17) is 4.74 Å². The molecule has 0 aliphatic carbocycles. The molecule has 0 bridgehead atoms. The van der Waals surface area contributed by atoms with Crippen LogP contribution in [0.1, 0.15) is 13.8 Å². The Bertz CT molecular complexity index is 1780. The van der Waals surface area contributed by atoms with Gasteiger partial charge in [-0.05, 0) is 62.4 Å². The van der Waals surface area contributed by atoms with Gasteiger partial charge in [0.05, 0.1) is 29.8 Å². The first-order chi connectivity index (χ1) is 20.3. The van der Waals surface area contributed by atoms with Crippen LogP contribution in [0.15, 0.2) is 85.6 Å². The standard InChI is InChI=1S/C30H27FN8O3/c1-18(2)38-11-10-26(40)29(39(38)22-6-4-21(31)5-7-22)30(41)36-28-9-8-23(17-32-28)42-27-12-19-16-35-37(3)25(19)13-24(27)20-14-33-34-15-20/h4-18,29H,1-3H3,(H,33,34)(H,32,36,41). The number of hydrazine groups is 1. The van der Waals surface area contributed by atoms with E-state index in [1.807, 2.05) is 33.0 Å². The zero-order valence-corrected chi connectivity index (χ0v) is 23.0. The topological polar surface area (TPSA) is 121 Å². The molecule has 2 N–H and O–H groups in total. The van der Waals surface area contributed by atoms with Gasteiger partial charge in [0.2, 0.25) is 0 Å². The highest BCUT2D eigenvalue weighted by Gasteiger charge is 2.38. The Kier molecular flexibility index (Phi) is 6.87. The summed E-state index contributed by atoms with van der Waals surface area (Å²) in [6.45, 7) is 3.85. The van der Waals surface area contributed by atoms with Gasteiger partial charge >= 0.3 is 0 Å². The molecule has 0 saturated carbocycles. The van der Waals surface area contributed by atoms with Crippen LogP contribution in [0.5, 0.6) is 11.5 Å². The molecule has 5 aromatic rings. The number of H-pyrrole nitrogens is 1. The molecule has 3 aromatic heterocycles. The molecule has 42 heavy (non-hydrogen) atoms. The predicted molar refractivity (Wildman–Crippen MR) is 155 cm³/mol. The molecule has 0 saturated heterocycles. The molecule has 1 unspecified atom stereocenters. The number of carbonyl (C=O) groups excluding carboxylic acids is 2. The van der Waals surface area contributed by atoms with Crippen molar-refractivity contribution in [3.63, 3.8) is 0 Å². The van der Waals surface area contributed by atoms with Crippen LogP contribution in [0.3, 0.4) is 0 Å². The summed E-state index contributed by atoms with van der Waals surface area (Å²) in [5.74, 6) is -0.146. The minimum absolute atomic E-state index is 0.0814. The van der Waals surface area contributed by atoms with Crippen molar-refractivity contribution >= 4 is 34.1 Å². The summed E-state index contributed by atoms with van der Waals surface area (Å²) in [4.78, 5) is 30.8. The van der Waals surface area contributed by atoms with E-state index in [1.54, 1.807) is 51.6 Å². The second-order valence-electron chi connectivity index (χ2n) is 10.0. The van der Waals surface area contributed by atoms with Crippen molar-refractivity contribution in [2.24, 2.45) is 7.05 Å². The van der Waals surface area contributed by atoms with Crippen LogP contribution in [-0.4, -0.2) is 53.7 Å². The number of carbonyl (C=O) groups is 2. The first-order valence-corrected chi connectivity index (χ1v) is 13.2. The number of ketones is 1. The third-order valence-electron chi connectivity index (χ3n) is 6.90. The summed E-state index contributed by atoms with van der Waals surface area (Å²) in [6, 6.07) is 11.5. The van der Waals surface area contributed by atoms with Crippen LogP contribution in [0.25, 0.3) is 22.0 Å². The van der Waals surface area contributed by atoms with Gasteiger partial charge in [-0.15, -0.1) is 0 Å². The van der Waals surface area contributed by atoms with E-state index < -0.39 is 23.5 Å². The molecule has 1 aliphatic rings. The SMILES string of the molecule is CC(C)N1C=CC(=O)C(C(=O)Nc2ccc(Oc3cc4cnn(C)c4cc3-c3cn[nH]c3)cn2)N1c1ccc(F)cc1. The van der Waals surface area contributed by atoms with Crippen molar-refractivity contribution in [1.82, 2.24) is 30.0 Å². The zero-order valence-electron chi connectivity index (χ0n) is 23.0. The summed E-state index contributed by atoms with van der Waals surface area (Å²) < 4.78 is 21.6. The van der Waals surface area contributed by atoms with E-state index >= 15 is 0 Å². The molecule has 0 fully saturated rings. The van der Waals surface area contributed by atoms with Gasteiger partial charge in [-0.2, -0.15) is 10.2 Å². The molecule has 2 aromatic carbocycles. The average Bonchev–Trinajstić information content (AvgIpc) is 3.64. The molecule has 0 radical (unpaired) electrons. The van der Waals surface area contributed by atoms with E-state index in [0.717, 1.165) is 22.0 Å². The number of nitrogens with one attached hydrogen (secondary N) is 2. The molecule has 0 spiro atoms. The Balaban J connectivity index is 1.24. The number of hydrogen-bond acceptors (Lipinski definition) is 8. The summed E-state index contributed by atoms with van der Waals surface area (Å²) in [5.41, 5.74) is 3.10. The summed E-state index contributed by atoms with van der Waals surface area (Å²) >= 11 is 0. The number of amides is 1. The number of hydrogen-bond donors (Lipinski definition) is 2. The number of fused-ring (bicyclic) bond motifs is 1. The lowest BCUT2D eigenvalue weighted by molar-refractivity contribution is -0.126. The molecule has 11 nitrogen and oxygen atoms in total. The zero-order chi connectivity index (χ0) is 29.4. The fourth-order valence-electron chi connectivity index (χ4n) is 4.83. The van der Waals surface area contributed by atoms with Crippen molar-refractivity contribution in [3.05, 3.63) is 91.4 Å². The van der Waals surface area contributed by atoms with Crippen LogP contribution in [-0.2, 0) is 16.6 Å². The van der Waals surface area contributed by atoms with Gasteiger partial charge in [-0.1, -0.05) is 0 Å². The molecule has 1 aliphatic heterocycles. The van der Waals surface area contributed by atoms with E-state index in [9.17, 15) is 14.0 Å². The van der Waals surface area contributed by atoms with Crippen molar-refractivity contribution < 1.29 is 18.7 Å². The summed E-state index contributed by atoms with van der Waals surface area (Å²) in [5, 5.41) is 18.2. The second-order valence-corrected chi connectivity index (χ2v) is 10.0. The molecule has 1 atom stereocenters. The second kappa shape index (κ2) is 10.8. The first kappa shape index (κ1) is 26.7. The highest BCUT2D eigenvalue weighted by Crippen LogP contribution is 2.36. The Morgan fingerprint density at radius 2 is 1.90 bits per heavy atom. The number of rotatable bonds is 7. The van der Waals surface area contributed by atoms with Gasteiger partial charge in [-0.25, -0.2) is 9.37 Å². The smallest absolute Gasteiger partial charge is 0.258 e. The van der Waals surface area contributed by atoms with Crippen LogP contribution >= 0.6 is 0 Å². The molecule has 212 valence electrons. The first-order valence-electron chi connectivity index (χ1n) is 13.2. The van der Waals surface area contributed by atoms with Crippen molar-refractivity contribution in [3.8, 4) is 22.6 Å². The van der Waals surface area contributed by atoms with Gasteiger partial charge in [0.25, 0.3) is 5.91 Å². The van der Waals surface area contributed by atoms with E-state index in [2.05, 4.69) is 25.6 Å². The van der Waals surface area contributed by atoms with E-state index in [0.29, 0.717) is 17.2 Å². The lowest BCUT2D eigenvalue weighted by Crippen LogP contribution is -2.59. The lowest BCUT2D eigenvalue weighted by atomic mass is 10.1. The summed E-state index contributed by atoms with van der Waals surface area (Å²) in [6.07, 6.45) is 9.71. The number of halogens is 1. The molecule has 6 rings (SSSR count). The van der Waals surface area contributed by atoms with Gasteiger partial charge in [0, 0.05) is 48.1 Å². The van der Waals surface area contributed by atoms with Gasteiger partial charge in [0.15, 0.2) is 11.8 Å². The van der Waals surface area contributed by atoms with Crippen LogP contribution < -0.4 is 15.1 Å². The van der Waals surface area contributed by atoms with E-state index in [-0.39, 0.29) is 11.9 Å². The van der Waals surface area contributed by atoms with Crippen molar-refractivity contribution in [2.45, 2.75) is 25.9 Å². The minimum atomic E-state index is -1.22. The third-order valence-corrected chi connectivity index (χ3v) is 6.90. The number of nitrogens with zero attached hydrogens (tertiary/aromatic N) is 6. The van der Waals surface area contributed by atoms with Crippen LogP contribution in [0.4, 0.5) is 15.9 Å². The van der Waals surface area contributed by atoms with Crippen molar-refractivity contribution in [2.75, 3.05) is 10.3 Å². The number of aryl methyl sites for hydroxylation is 1. The highest BCUT2D eigenvalue weighted by molar-refractivity contribution is 6.17. The Labute approximate surface area is 240 Å². The number of aromatic amines is 1. The number of benzene rings is 2. The maximum Gasteiger partial charge on any atom is 0.258 e. The molecular formula is C30H27FN8O3. The minimum Gasteiger partial charge on any atom is -0.455 e. The number of pyridine rings is 1. The third kappa shape index (κ3) is 5.05. The van der Waals surface area contributed by atoms with Crippen LogP contribution in [0, 0.1) is 5.82 Å². The van der Waals surface area contributed by atoms with Crippen molar-refractivity contribution in [1.29, 1.82) is 0 Å². The molecule has 4 heterocycles. The predicted octanol–water partition coefficient (Wildman–Crippen LogP) is 4.83. The fourth-order valence-corrected chi connectivity index (χ4v) is 4.83. The lowest BCUT2D eigenvalue weighted by Gasteiger charge is -2.44. The summed E-state index contributed by atoms with van der Waals surface area (Å²) in [7, 11) is 1.87. The molecular weight excluding hydrogens is 539 g/mol. The highest BCUT2D eigenvalue weighted by atomic mass is 19.1. The van der Waals surface area contributed by atoms with Gasteiger partial charge < -0.3 is 10.1 Å². The number of aromatic nitrogens is 5. The van der Waals surface area contributed by atoms with E-state index in [1.165, 1.54) is 36.5 Å². The average molecular weight is 567 g/mol. The Hall–Kier alpha value is -5.52. The normalized spacial score (nSPS) is 15.1. The quantitative estimate of drug-likeness (QED) is 0.269. The van der Waals surface area contributed by atoms with Gasteiger partial charge in [-0.3, -0.25) is 29.4 Å². The molecule has 1 amide bonds. The number of anilines is 2.